The molecule has 0 aliphatic rings. The van der Waals surface area contributed by atoms with Crippen molar-refractivity contribution in [2.24, 2.45) is 0 Å². The van der Waals surface area contributed by atoms with Crippen LogP contribution in [0.2, 0.25) is 0 Å². The van der Waals surface area contributed by atoms with Gasteiger partial charge in [0, 0.05) is 37.0 Å². The van der Waals surface area contributed by atoms with Gasteiger partial charge in [-0.25, -0.2) is 4.98 Å². The molecule has 0 radical (unpaired) electrons. The van der Waals surface area contributed by atoms with Crippen molar-refractivity contribution in [2.45, 2.75) is 13.8 Å². The SMILES string of the molecule is CCNc1cc(C)nc(NCCNC(=O)c2cccc3ccccc23)n1. The van der Waals surface area contributed by atoms with Gasteiger partial charge in [-0.3, -0.25) is 4.79 Å². The van der Waals surface area contributed by atoms with Crippen LogP contribution in [0.15, 0.2) is 48.5 Å². The first kappa shape index (κ1) is 17.7. The largest absolute Gasteiger partial charge is 0.370 e. The van der Waals surface area contributed by atoms with E-state index in [0.717, 1.165) is 28.8 Å². The normalized spacial score (nSPS) is 10.5. The number of amides is 1. The summed E-state index contributed by atoms with van der Waals surface area (Å²) in [7, 11) is 0. The minimum Gasteiger partial charge on any atom is -0.370 e. The second-order valence-corrected chi connectivity index (χ2v) is 5.96. The molecule has 3 aromatic rings. The maximum absolute atomic E-state index is 12.5. The number of anilines is 2. The zero-order valence-corrected chi connectivity index (χ0v) is 15.0. The highest BCUT2D eigenvalue weighted by Crippen LogP contribution is 2.18. The molecular formula is C20H23N5O. The van der Waals surface area contributed by atoms with Crippen LogP contribution in [0.4, 0.5) is 11.8 Å². The summed E-state index contributed by atoms with van der Waals surface area (Å²) in [6.45, 7) is 5.78. The minimum atomic E-state index is -0.0814. The summed E-state index contributed by atoms with van der Waals surface area (Å²) >= 11 is 0. The number of aromatic nitrogens is 2. The molecule has 0 atom stereocenters. The lowest BCUT2D eigenvalue weighted by atomic mass is 10.0. The third kappa shape index (κ3) is 4.27. The zero-order chi connectivity index (χ0) is 18.4. The van der Waals surface area contributed by atoms with E-state index in [-0.39, 0.29) is 5.91 Å². The van der Waals surface area contributed by atoms with Crippen LogP contribution in [0.5, 0.6) is 0 Å². The number of hydrogen-bond acceptors (Lipinski definition) is 5. The highest BCUT2D eigenvalue weighted by atomic mass is 16.1. The predicted octanol–water partition coefficient (Wildman–Crippen LogP) is 3.21. The summed E-state index contributed by atoms with van der Waals surface area (Å²) in [6, 6.07) is 15.5. The number of carbonyl (C=O) groups excluding carboxylic acids is 1. The van der Waals surface area contributed by atoms with Gasteiger partial charge in [0.25, 0.3) is 5.91 Å². The van der Waals surface area contributed by atoms with Gasteiger partial charge >= 0.3 is 0 Å². The van der Waals surface area contributed by atoms with Crippen molar-refractivity contribution in [3.63, 3.8) is 0 Å². The highest BCUT2D eigenvalue weighted by Gasteiger charge is 2.09. The Labute approximate surface area is 153 Å². The van der Waals surface area contributed by atoms with E-state index < -0.39 is 0 Å². The van der Waals surface area contributed by atoms with Crippen molar-refractivity contribution in [1.29, 1.82) is 0 Å². The molecule has 3 N–H and O–H groups in total. The molecule has 1 aromatic heterocycles. The summed E-state index contributed by atoms with van der Waals surface area (Å²) in [5, 5.41) is 11.3. The number of nitrogens with one attached hydrogen (secondary N) is 3. The third-order valence-corrected chi connectivity index (χ3v) is 3.94. The monoisotopic (exact) mass is 349 g/mol. The van der Waals surface area contributed by atoms with Gasteiger partial charge in [-0.1, -0.05) is 36.4 Å². The second kappa shape index (κ2) is 8.29. The van der Waals surface area contributed by atoms with E-state index in [9.17, 15) is 4.79 Å². The van der Waals surface area contributed by atoms with E-state index in [2.05, 4.69) is 25.9 Å². The molecule has 6 heteroatoms. The number of nitrogens with zero attached hydrogens (tertiary/aromatic N) is 2. The van der Waals surface area contributed by atoms with E-state index in [1.807, 2.05) is 62.4 Å². The Morgan fingerprint density at radius 1 is 1.00 bits per heavy atom. The van der Waals surface area contributed by atoms with Gasteiger partial charge in [0.15, 0.2) is 0 Å². The van der Waals surface area contributed by atoms with Crippen molar-refractivity contribution < 1.29 is 4.79 Å². The molecule has 0 unspecified atom stereocenters. The van der Waals surface area contributed by atoms with E-state index in [1.165, 1.54) is 0 Å². The Hall–Kier alpha value is -3.15. The van der Waals surface area contributed by atoms with Crippen LogP contribution in [0.25, 0.3) is 10.8 Å². The first-order valence-corrected chi connectivity index (χ1v) is 8.77. The fourth-order valence-electron chi connectivity index (χ4n) is 2.79. The van der Waals surface area contributed by atoms with Gasteiger partial charge in [0.1, 0.15) is 5.82 Å². The van der Waals surface area contributed by atoms with Gasteiger partial charge in [-0.15, -0.1) is 0 Å². The van der Waals surface area contributed by atoms with Crippen LogP contribution in [0.3, 0.4) is 0 Å². The number of benzene rings is 2. The van der Waals surface area contributed by atoms with Crippen LogP contribution in [-0.2, 0) is 0 Å². The Kier molecular flexibility index (Phi) is 5.63. The Morgan fingerprint density at radius 2 is 1.81 bits per heavy atom. The van der Waals surface area contributed by atoms with Gasteiger partial charge in [0.05, 0.1) is 0 Å². The van der Waals surface area contributed by atoms with Gasteiger partial charge in [-0.05, 0) is 30.7 Å². The molecule has 134 valence electrons. The summed E-state index contributed by atoms with van der Waals surface area (Å²) < 4.78 is 0. The van der Waals surface area contributed by atoms with E-state index in [1.54, 1.807) is 0 Å². The highest BCUT2D eigenvalue weighted by molar-refractivity contribution is 6.06. The van der Waals surface area contributed by atoms with E-state index in [0.29, 0.717) is 24.6 Å². The summed E-state index contributed by atoms with van der Waals surface area (Å²) in [5.74, 6) is 1.27. The molecule has 0 aliphatic heterocycles. The van der Waals surface area contributed by atoms with Crippen LogP contribution >= 0.6 is 0 Å². The molecule has 1 heterocycles. The number of fused-ring (bicyclic) bond motifs is 1. The number of aryl methyl sites for hydroxylation is 1. The second-order valence-electron chi connectivity index (χ2n) is 5.96. The molecule has 26 heavy (non-hydrogen) atoms. The van der Waals surface area contributed by atoms with E-state index in [4.69, 9.17) is 0 Å². The molecule has 0 spiro atoms. The summed E-state index contributed by atoms with van der Waals surface area (Å²) in [4.78, 5) is 21.2. The fraction of sp³-hybridized carbons (Fsp3) is 0.250. The van der Waals surface area contributed by atoms with E-state index >= 15 is 0 Å². The predicted molar refractivity (Wildman–Crippen MR) is 106 cm³/mol. The molecule has 3 rings (SSSR count). The van der Waals surface area contributed by atoms with Gasteiger partial charge < -0.3 is 16.0 Å². The van der Waals surface area contributed by atoms with Crippen molar-refractivity contribution in [3.05, 3.63) is 59.8 Å². The number of carbonyl (C=O) groups is 1. The van der Waals surface area contributed by atoms with Crippen molar-refractivity contribution in [1.82, 2.24) is 15.3 Å². The van der Waals surface area contributed by atoms with Crippen molar-refractivity contribution >= 4 is 28.4 Å². The van der Waals surface area contributed by atoms with Gasteiger partial charge in [0.2, 0.25) is 5.95 Å². The van der Waals surface area contributed by atoms with Crippen LogP contribution in [0, 0.1) is 6.92 Å². The molecule has 0 fully saturated rings. The Bertz CT molecular complexity index is 904. The lowest BCUT2D eigenvalue weighted by Gasteiger charge is -2.10. The first-order valence-electron chi connectivity index (χ1n) is 8.77. The lowest BCUT2D eigenvalue weighted by molar-refractivity contribution is 0.0957. The summed E-state index contributed by atoms with van der Waals surface area (Å²) in [6.07, 6.45) is 0. The Morgan fingerprint density at radius 3 is 2.65 bits per heavy atom. The van der Waals surface area contributed by atoms with Crippen molar-refractivity contribution in [3.8, 4) is 0 Å². The molecule has 0 saturated carbocycles. The molecular weight excluding hydrogens is 326 g/mol. The molecule has 0 bridgehead atoms. The molecule has 0 saturated heterocycles. The van der Waals surface area contributed by atoms with Crippen molar-refractivity contribution in [2.75, 3.05) is 30.3 Å². The first-order chi connectivity index (χ1) is 12.7. The third-order valence-electron chi connectivity index (χ3n) is 3.94. The standard InChI is InChI=1S/C20H23N5O/c1-3-21-18-13-14(2)24-20(25-18)23-12-11-22-19(26)17-10-6-8-15-7-4-5-9-16(15)17/h4-10,13H,3,11-12H2,1-2H3,(H,22,26)(H2,21,23,24,25). The summed E-state index contributed by atoms with van der Waals surface area (Å²) in [5.41, 5.74) is 1.57. The lowest BCUT2D eigenvalue weighted by Crippen LogP contribution is -2.29. The molecule has 6 nitrogen and oxygen atoms in total. The maximum atomic E-state index is 12.5. The molecule has 0 aliphatic carbocycles. The smallest absolute Gasteiger partial charge is 0.251 e. The minimum absolute atomic E-state index is 0.0814. The average Bonchev–Trinajstić information content (AvgIpc) is 2.64. The Balaban J connectivity index is 1.57. The quantitative estimate of drug-likeness (QED) is 0.571. The molecule has 1 amide bonds. The van der Waals surface area contributed by atoms with Crippen LogP contribution in [-0.4, -0.2) is 35.5 Å². The van der Waals surface area contributed by atoms with Crippen LogP contribution in [0.1, 0.15) is 23.0 Å². The maximum Gasteiger partial charge on any atom is 0.251 e. The average molecular weight is 349 g/mol. The molecule has 2 aromatic carbocycles. The zero-order valence-electron chi connectivity index (χ0n) is 15.0. The number of hydrogen-bond donors (Lipinski definition) is 3. The number of rotatable bonds is 7. The fourth-order valence-corrected chi connectivity index (χ4v) is 2.79. The topological polar surface area (TPSA) is 78.9 Å². The van der Waals surface area contributed by atoms with Crippen LogP contribution < -0.4 is 16.0 Å². The van der Waals surface area contributed by atoms with Gasteiger partial charge in [-0.2, -0.15) is 4.98 Å².